The number of carbonyl (C=O) groups excluding carboxylic acids is 1. The first-order valence-corrected chi connectivity index (χ1v) is 9.87. The molecule has 3 heterocycles. The monoisotopic (exact) mass is 392 g/mol. The molecular weight excluding hydrogens is 368 g/mol. The van der Waals surface area contributed by atoms with Gasteiger partial charge in [0.05, 0.1) is 0 Å². The standard InChI is InChI=1S/C22H24N4O3/c1-16-24-21(25-29-16)11-17-6-4-10-26(14-17)22(27)19-7-2-8-20(12-19)28-15-18-5-3-9-23-13-18/h2-3,5,7-9,12-13,17H,4,6,10-11,14-15H2,1H3. The summed E-state index contributed by atoms with van der Waals surface area (Å²) in [5.41, 5.74) is 1.63. The minimum atomic E-state index is 0.0332. The molecule has 0 bridgehead atoms. The van der Waals surface area contributed by atoms with Gasteiger partial charge >= 0.3 is 0 Å². The molecular formula is C22H24N4O3. The third-order valence-corrected chi connectivity index (χ3v) is 5.06. The lowest BCUT2D eigenvalue weighted by atomic mass is 9.94. The van der Waals surface area contributed by atoms with Crippen LogP contribution in [-0.4, -0.2) is 39.0 Å². The molecule has 0 N–H and O–H groups in total. The average Bonchev–Trinajstić information content (AvgIpc) is 3.17. The van der Waals surface area contributed by atoms with Crippen molar-refractivity contribution in [2.24, 2.45) is 5.92 Å². The van der Waals surface area contributed by atoms with Crippen molar-refractivity contribution >= 4 is 5.91 Å². The fourth-order valence-corrected chi connectivity index (χ4v) is 3.65. The van der Waals surface area contributed by atoms with Gasteiger partial charge < -0.3 is 14.2 Å². The van der Waals surface area contributed by atoms with Crippen molar-refractivity contribution in [1.29, 1.82) is 0 Å². The van der Waals surface area contributed by atoms with E-state index in [0.717, 1.165) is 31.4 Å². The van der Waals surface area contributed by atoms with Crippen LogP contribution in [0.25, 0.3) is 0 Å². The molecule has 1 aliphatic rings. The van der Waals surface area contributed by atoms with E-state index >= 15 is 0 Å². The molecule has 3 aromatic rings. The van der Waals surface area contributed by atoms with Crippen LogP contribution in [-0.2, 0) is 13.0 Å². The number of aryl methyl sites for hydroxylation is 1. The molecule has 2 aromatic heterocycles. The third kappa shape index (κ3) is 4.99. The van der Waals surface area contributed by atoms with Crippen molar-refractivity contribution in [2.45, 2.75) is 32.8 Å². The van der Waals surface area contributed by atoms with Crippen molar-refractivity contribution in [3.8, 4) is 5.75 Å². The lowest BCUT2D eigenvalue weighted by Gasteiger charge is -2.32. The maximum absolute atomic E-state index is 13.0. The molecule has 29 heavy (non-hydrogen) atoms. The Morgan fingerprint density at radius 2 is 2.24 bits per heavy atom. The zero-order valence-corrected chi connectivity index (χ0v) is 16.5. The minimum absolute atomic E-state index is 0.0332. The molecule has 1 aliphatic heterocycles. The molecule has 0 aliphatic carbocycles. The number of hydrogen-bond donors (Lipinski definition) is 0. The normalized spacial score (nSPS) is 16.6. The molecule has 7 heteroatoms. The number of amides is 1. The molecule has 7 nitrogen and oxygen atoms in total. The number of pyridine rings is 1. The van der Waals surface area contributed by atoms with Crippen LogP contribution in [0.4, 0.5) is 0 Å². The van der Waals surface area contributed by atoms with E-state index in [1.54, 1.807) is 19.3 Å². The van der Waals surface area contributed by atoms with Crippen LogP contribution in [0.2, 0.25) is 0 Å². The topological polar surface area (TPSA) is 81.4 Å². The lowest BCUT2D eigenvalue weighted by molar-refractivity contribution is 0.0671. The molecule has 1 amide bonds. The van der Waals surface area contributed by atoms with Crippen molar-refractivity contribution in [2.75, 3.05) is 13.1 Å². The summed E-state index contributed by atoms with van der Waals surface area (Å²) < 4.78 is 10.9. The predicted molar refractivity (Wildman–Crippen MR) is 106 cm³/mol. The van der Waals surface area contributed by atoms with Crippen LogP contribution in [0.15, 0.2) is 53.3 Å². The summed E-state index contributed by atoms with van der Waals surface area (Å²) in [5, 5.41) is 3.98. The molecule has 1 aromatic carbocycles. The fourth-order valence-electron chi connectivity index (χ4n) is 3.65. The first kappa shape index (κ1) is 19.1. The van der Waals surface area contributed by atoms with Gasteiger partial charge in [-0.2, -0.15) is 4.98 Å². The Balaban J connectivity index is 1.38. The second-order valence-electron chi connectivity index (χ2n) is 7.37. The molecule has 1 saturated heterocycles. The molecule has 1 fully saturated rings. The van der Waals surface area contributed by atoms with Crippen LogP contribution in [0.5, 0.6) is 5.75 Å². The molecule has 0 saturated carbocycles. The Labute approximate surface area is 169 Å². The Kier molecular flexibility index (Phi) is 5.84. The van der Waals surface area contributed by atoms with Crippen LogP contribution >= 0.6 is 0 Å². The van der Waals surface area contributed by atoms with E-state index in [1.807, 2.05) is 41.3 Å². The number of piperidine rings is 1. The molecule has 1 atom stereocenters. The number of ether oxygens (including phenoxy) is 1. The smallest absolute Gasteiger partial charge is 0.253 e. The van der Waals surface area contributed by atoms with Crippen molar-refractivity contribution in [1.82, 2.24) is 20.0 Å². The molecule has 1 unspecified atom stereocenters. The minimum Gasteiger partial charge on any atom is -0.489 e. The van der Waals surface area contributed by atoms with Crippen molar-refractivity contribution in [3.05, 3.63) is 71.6 Å². The number of rotatable bonds is 6. The number of hydrogen-bond acceptors (Lipinski definition) is 6. The molecule has 150 valence electrons. The van der Waals surface area contributed by atoms with E-state index in [4.69, 9.17) is 9.26 Å². The molecule has 4 rings (SSSR count). The van der Waals surface area contributed by atoms with E-state index in [2.05, 4.69) is 15.1 Å². The summed E-state index contributed by atoms with van der Waals surface area (Å²) in [6, 6.07) is 11.2. The quantitative estimate of drug-likeness (QED) is 0.639. The largest absolute Gasteiger partial charge is 0.489 e. The summed E-state index contributed by atoms with van der Waals surface area (Å²) in [5.74, 6) is 2.34. The number of carbonyl (C=O) groups is 1. The number of aromatic nitrogens is 3. The van der Waals surface area contributed by atoms with E-state index in [-0.39, 0.29) is 5.91 Å². The van der Waals surface area contributed by atoms with Gasteiger partial charge in [0.2, 0.25) is 5.89 Å². The second-order valence-corrected chi connectivity index (χ2v) is 7.37. The van der Waals surface area contributed by atoms with Crippen LogP contribution < -0.4 is 4.74 Å². The van der Waals surface area contributed by atoms with Crippen LogP contribution in [0.3, 0.4) is 0 Å². The van der Waals surface area contributed by atoms with Gasteiger partial charge in [-0.1, -0.05) is 17.3 Å². The second kappa shape index (κ2) is 8.86. The Morgan fingerprint density at radius 3 is 3.03 bits per heavy atom. The van der Waals surface area contributed by atoms with Gasteiger partial charge in [0.15, 0.2) is 5.82 Å². The number of likely N-dealkylation sites (tertiary alicyclic amines) is 1. The highest BCUT2D eigenvalue weighted by Crippen LogP contribution is 2.23. The number of nitrogens with zero attached hydrogens (tertiary/aromatic N) is 4. The van der Waals surface area contributed by atoms with Gasteiger partial charge in [0.25, 0.3) is 5.91 Å². The van der Waals surface area contributed by atoms with Gasteiger partial charge in [0.1, 0.15) is 12.4 Å². The van der Waals surface area contributed by atoms with E-state index in [1.165, 1.54) is 0 Å². The zero-order valence-electron chi connectivity index (χ0n) is 16.5. The van der Waals surface area contributed by atoms with Gasteiger partial charge in [-0.15, -0.1) is 0 Å². The molecule has 0 spiro atoms. The summed E-state index contributed by atoms with van der Waals surface area (Å²) in [6.45, 7) is 3.67. The lowest BCUT2D eigenvalue weighted by Crippen LogP contribution is -2.40. The highest BCUT2D eigenvalue weighted by molar-refractivity contribution is 5.94. The highest BCUT2D eigenvalue weighted by atomic mass is 16.5. The Bertz CT molecular complexity index is 957. The number of benzene rings is 1. The van der Waals surface area contributed by atoms with E-state index in [9.17, 15) is 4.79 Å². The average molecular weight is 392 g/mol. The summed E-state index contributed by atoms with van der Waals surface area (Å²) >= 11 is 0. The maximum Gasteiger partial charge on any atom is 0.253 e. The van der Waals surface area contributed by atoms with Crippen molar-refractivity contribution < 1.29 is 14.1 Å². The van der Waals surface area contributed by atoms with E-state index in [0.29, 0.717) is 42.1 Å². The SMILES string of the molecule is Cc1nc(CC2CCCN(C(=O)c3cccc(OCc4cccnc4)c3)C2)no1. The van der Waals surface area contributed by atoms with Crippen LogP contribution in [0.1, 0.15) is 40.5 Å². The van der Waals surface area contributed by atoms with Gasteiger partial charge in [-0.25, -0.2) is 0 Å². The maximum atomic E-state index is 13.0. The summed E-state index contributed by atoms with van der Waals surface area (Å²) in [4.78, 5) is 23.3. The fraction of sp³-hybridized carbons (Fsp3) is 0.364. The van der Waals surface area contributed by atoms with Crippen molar-refractivity contribution in [3.63, 3.8) is 0 Å². The summed E-state index contributed by atoms with van der Waals surface area (Å²) in [7, 11) is 0. The summed E-state index contributed by atoms with van der Waals surface area (Å²) in [6.07, 6.45) is 6.27. The first-order valence-electron chi connectivity index (χ1n) is 9.87. The van der Waals surface area contributed by atoms with Gasteiger partial charge in [-0.05, 0) is 43.0 Å². The first-order chi connectivity index (χ1) is 14.2. The van der Waals surface area contributed by atoms with Crippen LogP contribution in [0, 0.1) is 12.8 Å². The third-order valence-electron chi connectivity index (χ3n) is 5.06. The Morgan fingerprint density at radius 1 is 1.31 bits per heavy atom. The highest BCUT2D eigenvalue weighted by Gasteiger charge is 2.26. The van der Waals surface area contributed by atoms with Gasteiger partial charge in [0, 0.05) is 50.0 Å². The van der Waals surface area contributed by atoms with Gasteiger partial charge in [-0.3, -0.25) is 9.78 Å². The predicted octanol–water partition coefficient (Wildman–Crippen LogP) is 3.45. The zero-order chi connectivity index (χ0) is 20.1. The molecule has 0 radical (unpaired) electrons. The Hall–Kier alpha value is -3.22. The van der Waals surface area contributed by atoms with E-state index < -0.39 is 0 Å².